The zero-order chi connectivity index (χ0) is 23.4. The van der Waals surface area contributed by atoms with Crippen LogP contribution in [-0.4, -0.2) is 35.8 Å². The van der Waals surface area contributed by atoms with Crippen LogP contribution < -0.4 is 5.19 Å². The number of ether oxygens (including phenoxy) is 1. The Kier molecular flexibility index (Phi) is 8.14. The fraction of sp³-hybridized carbons (Fsp3) is 0.600. The Balaban J connectivity index is 2.65. The molecule has 1 aliphatic rings. The first-order valence-electron chi connectivity index (χ1n) is 11.3. The third-order valence-corrected chi connectivity index (χ3v) is 15.8. The summed E-state index contributed by atoms with van der Waals surface area (Å²) >= 11 is 0. The lowest BCUT2D eigenvalue weighted by Gasteiger charge is -2.41. The summed E-state index contributed by atoms with van der Waals surface area (Å²) in [5.74, 6) is 0.00669. The number of methoxy groups -OCH3 is 1. The van der Waals surface area contributed by atoms with E-state index in [0.29, 0.717) is 6.42 Å². The molecule has 4 nitrogen and oxygen atoms in total. The van der Waals surface area contributed by atoms with Crippen molar-refractivity contribution in [1.82, 2.24) is 0 Å². The fourth-order valence-electron chi connectivity index (χ4n) is 4.18. The van der Waals surface area contributed by atoms with Crippen molar-refractivity contribution in [3.63, 3.8) is 0 Å². The maximum atomic E-state index is 12.8. The van der Waals surface area contributed by atoms with Gasteiger partial charge in [-0.2, -0.15) is 0 Å². The molecule has 3 atom stereocenters. The second kappa shape index (κ2) is 9.86. The largest absolute Gasteiger partial charge is 0.546 e. The standard InChI is InChI=1S/C25H40O4Si2/c1-25(2,3)31(7,8)29-22-17-23(30(5,6)20-14-10-9-11-15-20)19(18-26)13-12-16-21(22)24(27)28-4/h9-11,14-15,17-19,21,23H,12-13,16H2,1-8H3/b22-17+/t19-,21-,23-/m0/s1. The van der Waals surface area contributed by atoms with Crippen LogP contribution in [0.5, 0.6) is 0 Å². The smallest absolute Gasteiger partial charge is 0.316 e. The van der Waals surface area contributed by atoms with E-state index in [-0.39, 0.29) is 22.5 Å². The minimum Gasteiger partial charge on any atom is -0.546 e. The van der Waals surface area contributed by atoms with Crippen LogP contribution in [0.4, 0.5) is 0 Å². The van der Waals surface area contributed by atoms with Gasteiger partial charge in [-0.25, -0.2) is 0 Å². The van der Waals surface area contributed by atoms with E-state index in [9.17, 15) is 9.59 Å². The van der Waals surface area contributed by atoms with Crippen LogP contribution in [-0.2, 0) is 18.8 Å². The Hall–Kier alpha value is -1.67. The topological polar surface area (TPSA) is 52.6 Å². The van der Waals surface area contributed by atoms with Gasteiger partial charge in [0.15, 0.2) is 0 Å². The molecule has 0 bridgehead atoms. The summed E-state index contributed by atoms with van der Waals surface area (Å²) in [7, 11) is -2.82. The minimum absolute atomic E-state index is 0.00279. The molecule has 0 saturated heterocycles. The number of aldehydes is 1. The molecule has 0 aromatic heterocycles. The molecule has 0 N–H and O–H groups in total. The van der Waals surface area contributed by atoms with E-state index < -0.39 is 22.3 Å². The number of hydrogen-bond acceptors (Lipinski definition) is 4. The van der Waals surface area contributed by atoms with Gasteiger partial charge >= 0.3 is 5.97 Å². The van der Waals surface area contributed by atoms with E-state index in [4.69, 9.17) is 9.16 Å². The number of allylic oxidation sites excluding steroid dienone is 1. The minimum atomic E-state index is -2.18. The van der Waals surface area contributed by atoms with E-state index in [0.717, 1.165) is 24.9 Å². The number of benzene rings is 1. The van der Waals surface area contributed by atoms with Crippen LogP contribution >= 0.6 is 0 Å². The van der Waals surface area contributed by atoms with Gasteiger partial charge in [0.1, 0.15) is 12.2 Å². The first kappa shape index (κ1) is 25.6. The van der Waals surface area contributed by atoms with E-state index in [1.165, 1.54) is 12.3 Å². The maximum absolute atomic E-state index is 12.8. The molecule has 0 heterocycles. The van der Waals surface area contributed by atoms with Crippen LogP contribution in [0, 0.1) is 11.8 Å². The molecular weight excluding hydrogens is 420 g/mol. The molecule has 1 aromatic rings. The molecule has 0 amide bonds. The molecule has 1 aromatic carbocycles. The van der Waals surface area contributed by atoms with Gasteiger partial charge in [0.25, 0.3) is 0 Å². The fourth-order valence-corrected chi connectivity index (χ4v) is 8.62. The molecule has 0 fully saturated rings. The van der Waals surface area contributed by atoms with E-state index in [2.05, 4.69) is 77.3 Å². The van der Waals surface area contributed by atoms with Crippen LogP contribution in [0.3, 0.4) is 0 Å². The van der Waals surface area contributed by atoms with Crippen molar-refractivity contribution in [3.8, 4) is 0 Å². The van der Waals surface area contributed by atoms with Crippen LogP contribution in [0.25, 0.3) is 0 Å². The van der Waals surface area contributed by atoms with Crippen molar-refractivity contribution in [2.45, 2.75) is 76.8 Å². The molecule has 172 valence electrons. The summed E-state index contributed by atoms with van der Waals surface area (Å²) in [6.45, 7) is 15.6. The first-order chi connectivity index (χ1) is 14.3. The normalized spacial score (nSPS) is 24.9. The van der Waals surface area contributed by atoms with Gasteiger partial charge in [0, 0.05) is 5.92 Å². The number of carbonyl (C=O) groups excluding carboxylic acids is 2. The van der Waals surface area contributed by atoms with E-state index in [1.807, 2.05) is 6.07 Å². The van der Waals surface area contributed by atoms with E-state index in [1.54, 1.807) is 0 Å². The highest BCUT2D eigenvalue weighted by molar-refractivity contribution is 6.91. The van der Waals surface area contributed by atoms with Crippen molar-refractivity contribution >= 4 is 33.8 Å². The average molecular weight is 461 g/mol. The van der Waals surface area contributed by atoms with Crippen molar-refractivity contribution in [1.29, 1.82) is 0 Å². The van der Waals surface area contributed by atoms with Gasteiger partial charge in [0.2, 0.25) is 8.32 Å². The van der Waals surface area contributed by atoms with Crippen molar-refractivity contribution < 1.29 is 18.8 Å². The second-order valence-corrected chi connectivity index (χ2v) is 20.3. The third-order valence-electron chi connectivity index (χ3n) is 7.37. The number of esters is 1. The maximum Gasteiger partial charge on any atom is 0.316 e. The molecule has 0 aliphatic heterocycles. The highest BCUT2D eigenvalue weighted by Crippen LogP contribution is 2.43. The molecular formula is C25H40O4Si2. The Labute approximate surface area is 190 Å². The highest BCUT2D eigenvalue weighted by atomic mass is 28.4. The second-order valence-electron chi connectivity index (χ2n) is 10.9. The van der Waals surface area contributed by atoms with Gasteiger partial charge < -0.3 is 14.0 Å². The monoisotopic (exact) mass is 460 g/mol. The molecule has 0 unspecified atom stereocenters. The summed E-state index contributed by atoms with van der Waals surface area (Å²) in [5, 5.41) is 1.31. The Morgan fingerprint density at radius 1 is 1.06 bits per heavy atom. The zero-order valence-electron chi connectivity index (χ0n) is 20.5. The molecule has 0 saturated carbocycles. The summed E-state index contributed by atoms with van der Waals surface area (Å²) < 4.78 is 11.9. The molecule has 0 spiro atoms. The quantitative estimate of drug-likeness (QED) is 0.312. The summed E-state index contributed by atoms with van der Waals surface area (Å²) in [5.41, 5.74) is 0.0552. The number of hydrogen-bond donors (Lipinski definition) is 0. The zero-order valence-corrected chi connectivity index (χ0v) is 22.5. The lowest BCUT2D eigenvalue weighted by Crippen LogP contribution is -2.49. The van der Waals surface area contributed by atoms with Crippen molar-refractivity contribution in [3.05, 3.63) is 42.2 Å². The highest BCUT2D eigenvalue weighted by Gasteiger charge is 2.44. The van der Waals surface area contributed by atoms with Gasteiger partial charge in [-0.3, -0.25) is 4.79 Å². The summed E-state index contributed by atoms with van der Waals surface area (Å²) in [4.78, 5) is 25.0. The summed E-state index contributed by atoms with van der Waals surface area (Å²) in [6, 6.07) is 10.5. The predicted octanol–water partition coefficient (Wildman–Crippen LogP) is 5.67. The van der Waals surface area contributed by atoms with Gasteiger partial charge in [-0.05, 0) is 42.6 Å². The lowest BCUT2D eigenvalue weighted by atomic mass is 9.89. The van der Waals surface area contributed by atoms with Crippen LogP contribution in [0.15, 0.2) is 42.2 Å². The van der Waals surface area contributed by atoms with Gasteiger partial charge in [-0.1, -0.05) is 75.8 Å². The van der Waals surface area contributed by atoms with Gasteiger partial charge in [0.05, 0.1) is 20.9 Å². The molecule has 2 rings (SSSR count). The first-order valence-corrected chi connectivity index (χ1v) is 17.3. The third kappa shape index (κ3) is 5.77. The lowest BCUT2D eigenvalue weighted by molar-refractivity contribution is -0.145. The number of carbonyl (C=O) groups is 2. The molecule has 1 aliphatic carbocycles. The Bertz CT molecular complexity index is 793. The average Bonchev–Trinajstić information content (AvgIpc) is 2.69. The molecule has 6 heteroatoms. The SMILES string of the molecule is COC(=O)[C@H]1CCC[C@@H](C=O)[C@@H]([Si](C)(C)c2ccccc2)/C=C\1O[Si](C)(C)C(C)(C)C. The van der Waals surface area contributed by atoms with Crippen molar-refractivity contribution in [2.75, 3.05) is 7.11 Å². The van der Waals surface area contributed by atoms with Gasteiger partial charge in [-0.15, -0.1) is 0 Å². The molecule has 0 radical (unpaired) electrons. The van der Waals surface area contributed by atoms with Crippen molar-refractivity contribution in [2.24, 2.45) is 11.8 Å². The van der Waals surface area contributed by atoms with Crippen LogP contribution in [0.1, 0.15) is 40.0 Å². The van der Waals surface area contributed by atoms with E-state index >= 15 is 0 Å². The van der Waals surface area contributed by atoms with Crippen LogP contribution in [0.2, 0.25) is 36.8 Å². The summed E-state index contributed by atoms with van der Waals surface area (Å²) in [6.07, 6.45) is 5.52. The Morgan fingerprint density at radius 3 is 2.19 bits per heavy atom. The molecule has 31 heavy (non-hydrogen) atoms. The predicted molar refractivity (Wildman–Crippen MR) is 133 cm³/mol. The number of rotatable bonds is 6. The Morgan fingerprint density at radius 2 is 1.68 bits per heavy atom.